The summed E-state index contributed by atoms with van der Waals surface area (Å²) in [6, 6.07) is 0.319. The van der Waals surface area contributed by atoms with Crippen molar-refractivity contribution in [3.8, 4) is 0 Å². The Balaban J connectivity index is 1.85. The van der Waals surface area contributed by atoms with Crippen molar-refractivity contribution in [2.24, 2.45) is 0 Å². The number of nitrogens with one attached hydrogen (secondary N) is 1. The molecule has 0 fully saturated rings. The van der Waals surface area contributed by atoms with E-state index < -0.39 is 0 Å². The fourth-order valence-electron chi connectivity index (χ4n) is 2.09. The highest BCUT2D eigenvalue weighted by Gasteiger charge is 2.22. The molecule has 0 saturated heterocycles. The van der Waals surface area contributed by atoms with Gasteiger partial charge in [-0.3, -0.25) is 0 Å². The fourth-order valence-corrected chi connectivity index (χ4v) is 5.23. The lowest BCUT2D eigenvalue weighted by Gasteiger charge is -2.21. The summed E-state index contributed by atoms with van der Waals surface area (Å²) >= 11 is 5.81. The monoisotopic (exact) mass is 357 g/mol. The standard InChI is InChI=1S/C12H15N5S4/c1-3-18-11-12(17-21-16-11)19-10-9(14-20-15-10)8-5-4-6-13-7(8)2/h5,7,13H,3-4,6H2,1-2H3. The highest BCUT2D eigenvalue weighted by Crippen LogP contribution is 2.37. The molecule has 3 rings (SSSR count). The van der Waals surface area contributed by atoms with Crippen LogP contribution in [0.15, 0.2) is 21.2 Å². The van der Waals surface area contributed by atoms with Crippen molar-refractivity contribution in [1.82, 2.24) is 22.8 Å². The Morgan fingerprint density at radius 1 is 1.19 bits per heavy atom. The topological polar surface area (TPSA) is 63.6 Å². The minimum atomic E-state index is 0.319. The van der Waals surface area contributed by atoms with E-state index in [1.807, 2.05) is 0 Å². The molecule has 0 aromatic carbocycles. The van der Waals surface area contributed by atoms with Gasteiger partial charge in [-0.1, -0.05) is 13.0 Å². The van der Waals surface area contributed by atoms with E-state index in [1.165, 1.54) is 29.0 Å². The Kier molecular flexibility index (Phi) is 5.28. The smallest absolute Gasteiger partial charge is 0.150 e. The normalized spacial score (nSPS) is 18.8. The van der Waals surface area contributed by atoms with Crippen LogP contribution in [0.25, 0.3) is 5.57 Å². The van der Waals surface area contributed by atoms with E-state index in [0.717, 1.165) is 39.5 Å². The Labute approximate surface area is 140 Å². The zero-order valence-electron chi connectivity index (χ0n) is 11.7. The lowest BCUT2D eigenvalue weighted by Crippen LogP contribution is -2.31. The lowest BCUT2D eigenvalue weighted by atomic mass is 10.0. The van der Waals surface area contributed by atoms with Gasteiger partial charge in [-0.25, -0.2) is 0 Å². The predicted octanol–water partition coefficient (Wildman–Crippen LogP) is 3.42. The highest BCUT2D eigenvalue weighted by molar-refractivity contribution is 8.02. The van der Waals surface area contributed by atoms with Gasteiger partial charge in [-0.2, -0.15) is 17.5 Å². The van der Waals surface area contributed by atoms with E-state index in [0.29, 0.717) is 6.04 Å². The summed E-state index contributed by atoms with van der Waals surface area (Å²) in [5.74, 6) is 0.993. The van der Waals surface area contributed by atoms with Crippen molar-refractivity contribution in [2.75, 3.05) is 12.3 Å². The summed E-state index contributed by atoms with van der Waals surface area (Å²) in [6.07, 6.45) is 3.31. The quantitative estimate of drug-likeness (QED) is 0.823. The molecule has 1 unspecified atom stereocenters. The van der Waals surface area contributed by atoms with E-state index in [-0.39, 0.29) is 0 Å². The molecule has 9 heteroatoms. The van der Waals surface area contributed by atoms with Crippen LogP contribution in [-0.4, -0.2) is 35.8 Å². The lowest BCUT2D eigenvalue weighted by molar-refractivity contribution is 0.624. The largest absolute Gasteiger partial charge is 0.310 e. The summed E-state index contributed by atoms with van der Waals surface area (Å²) in [7, 11) is 0. The van der Waals surface area contributed by atoms with Crippen molar-refractivity contribution in [2.45, 2.75) is 41.4 Å². The summed E-state index contributed by atoms with van der Waals surface area (Å²) in [5.41, 5.74) is 2.23. The summed E-state index contributed by atoms with van der Waals surface area (Å²) in [6.45, 7) is 5.31. The van der Waals surface area contributed by atoms with Crippen LogP contribution in [0.5, 0.6) is 0 Å². The third kappa shape index (κ3) is 3.48. The average molecular weight is 358 g/mol. The molecular weight excluding hydrogens is 342 g/mol. The van der Waals surface area contributed by atoms with Crippen LogP contribution in [0.4, 0.5) is 0 Å². The number of hydrogen-bond donors (Lipinski definition) is 1. The van der Waals surface area contributed by atoms with Gasteiger partial charge in [0, 0.05) is 6.04 Å². The number of aromatic nitrogens is 4. The van der Waals surface area contributed by atoms with Crippen LogP contribution in [0.2, 0.25) is 0 Å². The predicted molar refractivity (Wildman–Crippen MR) is 90.4 cm³/mol. The van der Waals surface area contributed by atoms with Gasteiger partial charge >= 0.3 is 0 Å². The Morgan fingerprint density at radius 2 is 1.95 bits per heavy atom. The maximum Gasteiger partial charge on any atom is 0.150 e. The van der Waals surface area contributed by atoms with Crippen LogP contribution in [-0.2, 0) is 0 Å². The third-order valence-corrected chi connectivity index (χ3v) is 6.40. The molecule has 1 aliphatic rings. The number of hydrogen-bond acceptors (Lipinski definition) is 9. The van der Waals surface area contributed by atoms with E-state index in [9.17, 15) is 0 Å². The first kappa shape index (κ1) is 15.4. The maximum absolute atomic E-state index is 4.50. The molecule has 2 aromatic heterocycles. The van der Waals surface area contributed by atoms with E-state index in [4.69, 9.17) is 0 Å². The maximum atomic E-state index is 4.50. The average Bonchev–Trinajstić information content (AvgIpc) is 3.11. The first-order valence-corrected chi connectivity index (χ1v) is 9.95. The zero-order chi connectivity index (χ0) is 14.7. The molecule has 0 spiro atoms. The van der Waals surface area contributed by atoms with Crippen molar-refractivity contribution in [3.05, 3.63) is 11.8 Å². The van der Waals surface area contributed by atoms with Crippen molar-refractivity contribution in [3.63, 3.8) is 0 Å². The van der Waals surface area contributed by atoms with E-state index >= 15 is 0 Å². The molecule has 0 amide bonds. The Bertz CT molecular complexity index is 635. The minimum Gasteiger partial charge on any atom is -0.310 e. The van der Waals surface area contributed by atoms with E-state index in [1.54, 1.807) is 23.5 Å². The van der Waals surface area contributed by atoms with Crippen molar-refractivity contribution in [1.29, 1.82) is 0 Å². The molecule has 1 N–H and O–H groups in total. The minimum absolute atomic E-state index is 0.319. The molecule has 1 aliphatic heterocycles. The van der Waals surface area contributed by atoms with Gasteiger partial charge in [-0.15, -0.1) is 11.8 Å². The Hall–Kier alpha value is -0.480. The molecule has 0 radical (unpaired) electrons. The van der Waals surface area contributed by atoms with Crippen molar-refractivity contribution >= 4 is 52.6 Å². The molecule has 3 heterocycles. The summed E-state index contributed by atoms with van der Waals surface area (Å²) in [5, 5.41) is 6.34. The molecule has 0 aliphatic carbocycles. The van der Waals surface area contributed by atoms with Crippen LogP contribution in [0.1, 0.15) is 26.0 Å². The van der Waals surface area contributed by atoms with Gasteiger partial charge < -0.3 is 5.32 Å². The van der Waals surface area contributed by atoms with Crippen LogP contribution < -0.4 is 5.32 Å². The zero-order valence-corrected chi connectivity index (χ0v) is 15.0. The van der Waals surface area contributed by atoms with Gasteiger partial charge in [0.1, 0.15) is 15.7 Å². The molecule has 1 atom stereocenters. The third-order valence-electron chi connectivity index (χ3n) is 3.06. The molecule has 2 aromatic rings. The van der Waals surface area contributed by atoms with Crippen LogP contribution in [0, 0.1) is 0 Å². The first-order valence-electron chi connectivity index (χ1n) is 6.69. The SMILES string of the molecule is CCSc1nsnc1Sc1nsnc1C1=CCCNC1C. The van der Waals surface area contributed by atoms with Crippen LogP contribution >= 0.6 is 47.0 Å². The van der Waals surface area contributed by atoms with Gasteiger partial charge in [0.25, 0.3) is 0 Å². The fraction of sp³-hybridized carbons (Fsp3) is 0.500. The molecule has 5 nitrogen and oxygen atoms in total. The summed E-state index contributed by atoms with van der Waals surface area (Å²) in [4.78, 5) is 0. The Morgan fingerprint density at radius 3 is 2.76 bits per heavy atom. The van der Waals surface area contributed by atoms with E-state index in [2.05, 4.69) is 42.7 Å². The molecule has 21 heavy (non-hydrogen) atoms. The van der Waals surface area contributed by atoms with Gasteiger partial charge in [0.15, 0.2) is 5.03 Å². The number of nitrogens with zero attached hydrogens (tertiary/aromatic N) is 4. The second kappa shape index (κ2) is 7.19. The molecule has 112 valence electrons. The molecule has 0 bridgehead atoms. The number of rotatable bonds is 5. The van der Waals surface area contributed by atoms with Gasteiger partial charge in [-0.05, 0) is 43.0 Å². The van der Waals surface area contributed by atoms with Crippen molar-refractivity contribution < 1.29 is 0 Å². The second-order valence-electron chi connectivity index (χ2n) is 4.45. The molecular formula is C12H15N5S4. The number of thioether (sulfide) groups is 1. The first-order chi connectivity index (χ1) is 10.3. The molecule has 0 saturated carbocycles. The van der Waals surface area contributed by atoms with Gasteiger partial charge in [0.2, 0.25) is 0 Å². The second-order valence-corrected chi connectivity index (χ2v) is 7.74. The summed E-state index contributed by atoms with van der Waals surface area (Å²) < 4.78 is 17.7. The van der Waals surface area contributed by atoms with Crippen LogP contribution in [0.3, 0.4) is 0 Å². The highest BCUT2D eigenvalue weighted by atomic mass is 32.2. The van der Waals surface area contributed by atoms with Gasteiger partial charge in [0.05, 0.1) is 23.5 Å².